The number of ether oxygens (including phenoxy) is 1. The number of rotatable bonds is 3. The summed E-state index contributed by atoms with van der Waals surface area (Å²) >= 11 is 0. The highest BCUT2D eigenvalue weighted by atomic mass is 19.4. The first kappa shape index (κ1) is 16.7. The number of halogens is 3. The van der Waals surface area contributed by atoms with E-state index < -0.39 is 23.3 Å². The summed E-state index contributed by atoms with van der Waals surface area (Å²) in [5.41, 5.74) is -0.886. The van der Waals surface area contributed by atoms with Crippen molar-refractivity contribution in [3.63, 3.8) is 0 Å². The molecule has 3 rings (SSSR count). The Kier molecular flexibility index (Phi) is 4.26. The summed E-state index contributed by atoms with van der Waals surface area (Å²) < 4.78 is 42.6. The molecule has 0 amide bonds. The summed E-state index contributed by atoms with van der Waals surface area (Å²) in [4.78, 5) is 23.9. The molecule has 0 aliphatic carbocycles. The average Bonchev–Trinajstić information content (AvgIpc) is 2.60. The summed E-state index contributed by atoms with van der Waals surface area (Å²) in [6.07, 6.45) is -4.42. The lowest BCUT2D eigenvalue weighted by Gasteiger charge is -2.09. The standard InChI is InChI=1S/C17H11F3N2O3/c18-17(19,20)11-7-5-10(6-8-11)9-25-16(24)14-12-3-1-2-4-13(12)15(23)22-21-14/h1-8H,9H2,(H,22,23). The van der Waals surface area contributed by atoms with Crippen LogP contribution in [-0.4, -0.2) is 16.2 Å². The van der Waals surface area contributed by atoms with Gasteiger partial charge in [-0.2, -0.15) is 18.3 Å². The molecule has 25 heavy (non-hydrogen) atoms. The SMILES string of the molecule is O=C(OCc1ccc(C(F)(F)F)cc1)c1n[nH]c(=O)c2ccccc12. The van der Waals surface area contributed by atoms with Crippen LogP contribution in [0.25, 0.3) is 10.8 Å². The van der Waals surface area contributed by atoms with Crippen molar-refractivity contribution >= 4 is 16.7 Å². The van der Waals surface area contributed by atoms with E-state index in [-0.39, 0.29) is 12.3 Å². The molecule has 8 heteroatoms. The van der Waals surface area contributed by atoms with Gasteiger partial charge in [-0.1, -0.05) is 30.3 Å². The topological polar surface area (TPSA) is 72.0 Å². The van der Waals surface area contributed by atoms with Crippen molar-refractivity contribution in [3.05, 3.63) is 75.7 Å². The van der Waals surface area contributed by atoms with E-state index in [0.717, 1.165) is 12.1 Å². The highest BCUT2D eigenvalue weighted by molar-refractivity contribution is 6.01. The van der Waals surface area contributed by atoms with Crippen molar-refractivity contribution < 1.29 is 22.7 Å². The van der Waals surface area contributed by atoms with Gasteiger partial charge in [-0.3, -0.25) is 4.79 Å². The number of carbonyl (C=O) groups excluding carboxylic acids is 1. The first-order valence-electron chi connectivity index (χ1n) is 7.17. The predicted octanol–water partition coefficient (Wildman–Crippen LogP) is 3.30. The molecule has 128 valence electrons. The third kappa shape index (κ3) is 3.52. The summed E-state index contributed by atoms with van der Waals surface area (Å²) in [6.45, 7) is -0.216. The van der Waals surface area contributed by atoms with Crippen LogP contribution in [0.4, 0.5) is 13.2 Å². The van der Waals surface area contributed by atoms with Crippen LogP contribution < -0.4 is 5.56 Å². The van der Waals surface area contributed by atoms with Gasteiger partial charge in [-0.25, -0.2) is 9.89 Å². The summed E-state index contributed by atoms with van der Waals surface area (Å²) in [7, 11) is 0. The zero-order chi connectivity index (χ0) is 18.0. The number of hydrogen-bond acceptors (Lipinski definition) is 4. The molecule has 5 nitrogen and oxygen atoms in total. The summed E-state index contributed by atoms with van der Waals surface area (Å²) in [5.74, 6) is -0.785. The molecule has 2 aromatic carbocycles. The van der Waals surface area contributed by atoms with Gasteiger partial charge in [-0.15, -0.1) is 0 Å². The Bertz CT molecular complexity index is 979. The lowest BCUT2D eigenvalue weighted by Crippen LogP contribution is -2.16. The fourth-order valence-corrected chi connectivity index (χ4v) is 2.28. The number of nitrogens with zero attached hydrogens (tertiary/aromatic N) is 1. The maximum absolute atomic E-state index is 12.5. The van der Waals surface area contributed by atoms with Gasteiger partial charge >= 0.3 is 12.1 Å². The zero-order valence-electron chi connectivity index (χ0n) is 12.6. The van der Waals surface area contributed by atoms with Gasteiger partial charge in [-0.05, 0) is 23.8 Å². The summed E-state index contributed by atoms with van der Waals surface area (Å²) in [5, 5.41) is 6.55. The van der Waals surface area contributed by atoms with Gasteiger partial charge in [0, 0.05) is 5.39 Å². The third-order valence-corrected chi connectivity index (χ3v) is 3.54. The number of carbonyl (C=O) groups is 1. The molecule has 0 aliphatic rings. The molecule has 0 saturated heterocycles. The molecule has 0 unspecified atom stereocenters. The molecule has 0 atom stereocenters. The van der Waals surface area contributed by atoms with E-state index in [1.165, 1.54) is 12.1 Å². The Morgan fingerprint density at radius 1 is 1.04 bits per heavy atom. The van der Waals surface area contributed by atoms with Crippen LogP contribution in [0, 0.1) is 0 Å². The zero-order valence-corrected chi connectivity index (χ0v) is 12.6. The Hall–Kier alpha value is -3.16. The first-order chi connectivity index (χ1) is 11.9. The van der Waals surface area contributed by atoms with E-state index in [1.807, 2.05) is 0 Å². The Balaban J connectivity index is 1.78. The average molecular weight is 348 g/mol. The van der Waals surface area contributed by atoms with E-state index in [4.69, 9.17) is 4.74 Å². The van der Waals surface area contributed by atoms with Crippen molar-refractivity contribution in [3.8, 4) is 0 Å². The van der Waals surface area contributed by atoms with E-state index in [0.29, 0.717) is 16.3 Å². The van der Waals surface area contributed by atoms with Crippen LogP contribution in [-0.2, 0) is 17.5 Å². The minimum absolute atomic E-state index is 0.0675. The van der Waals surface area contributed by atoms with E-state index in [1.54, 1.807) is 24.3 Å². The number of nitrogens with one attached hydrogen (secondary N) is 1. The highest BCUT2D eigenvalue weighted by Crippen LogP contribution is 2.29. The lowest BCUT2D eigenvalue weighted by atomic mass is 10.1. The minimum atomic E-state index is -4.42. The minimum Gasteiger partial charge on any atom is -0.456 e. The first-order valence-corrected chi connectivity index (χ1v) is 7.17. The molecule has 1 N–H and O–H groups in total. The van der Waals surface area contributed by atoms with Crippen LogP contribution in [0.2, 0.25) is 0 Å². The van der Waals surface area contributed by atoms with Gasteiger partial charge in [0.25, 0.3) is 5.56 Å². The number of fused-ring (bicyclic) bond motifs is 1. The van der Waals surface area contributed by atoms with Crippen molar-refractivity contribution in [1.82, 2.24) is 10.2 Å². The summed E-state index contributed by atoms with van der Waals surface area (Å²) in [6, 6.07) is 10.7. The largest absolute Gasteiger partial charge is 0.456 e. The van der Waals surface area contributed by atoms with Crippen LogP contribution in [0.5, 0.6) is 0 Å². The smallest absolute Gasteiger partial charge is 0.416 e. The van der Waals surface area contributed by atoms with E-state index in [2.05, 4.69) is 10.2 Å². The number of hydrogen-bond donors (Lipinski definition) is 1. The second kappa shape index (κ2) is 6.39. The van der Waals surface area contributed by atoms with Crippen LogP contribution in [0.1, 0.15) is 21.6 Å². The molecule has 0 aliphatic heterocycles. The lowest BCUT2D eigenvalue weighted by molar-refractivity contribution is -0.137. The highest BCUT2D eigenvalue weighted by Gasteiger charge is 2.29. The number of esters is 1. The molecule has 1 heterocycles. The molecule has 0 saturated carbocycles. The van der Waals surface area contributed by atoms with Gasteiger partial charge in [0.05, 0.1) is 10.9 Å². The van der Waals surface area contributed by atoms with Crippen molar-refractivity contribution in [1.29, 1.82) is 0 Å². The number of aromatic amines is 1. The fourth-order valence-electron chi connectivity index (χ4n) is 2.28. The van der Waals surface area contributed by atoms with Crippen LogP contribution in [0.3, 0.4) is 0 Å². The fraction of sp³-hybridized carbons (Fsp3) is 0.118. The second-order valence-corrected chi connectivity index (χ2v) is 5.22. The normalized spacial score (nSPS) is 11.5. The number of alkyl halides is 3. The number of aromatic nitrogens is 2. The maximum atomic E-state index is 12.5. The molecular formula is C17H11F3N2O3. The number of H-pyrrole nitrogens is 1. The van der Waals surface area contributed by atoms with Gasteiger partial charge in [0.1, 0.15) is 6.61 Å². The van der Waals surface area contributed by atoms with E-state index >= 15 is 0 Å². The van der Waals surface area contributed by atoms with Crippen LogP contribution in [0.15, 0.2) is 53.3 Å². The Morgan fingerprint density at radius 3 is 2.32 bits per heavy atom. The molecule has 0 fully saturated rings. The molecule has 3 aromatic rings. The van der Waals surface area contributed by atoms with Gasteiger partial charge < -0.3 is 4.74 Å². The quantitative estimate of drug-likeness (QED) is 0.737. The Morgan fingerprint density at radius 2 is 1.68 bits per heavy atom. The Labute approximate surface area is 139 Å². The predicted molar refractivity (Wildman–Crippen MR) is 82.9 cm³/mol. The molecule has 0 radical (unpaired) electrons. The van der Waals surface area contributed by atoms with Gasteiger partial charge in [0.15, 0.2) is 5.69 Å². The maximum Gasteiger partial charge on any atom is 0.416 e. The molecular weight excluding hydrogens is 337 g/mol. The molecule has 0 spiro atoms. The second-order valence-electron chi connectivity index (χ2n) is 5.22. The van der Waals surface area contributed by atoms with Crippen molar-refractivity contribution in [2.45, 2.75) is 12.8 Å². The number of benzene rings is 2. The van der Waals surface area contributed by atoms with Gasteiger partial charge in [0.2, 0.25) is 0 Å². The monoisotopic (exact) mass is 348 g/mol. The third-order valence-electron chi connectivity index (χ3n) is 3.54. The van der Waals surface area contributed by atoms with Crippen molar-refractivity contribution in [2.24, 2.45) is 0 Å². The molecule has 1 aromatic heterocycles. The van der Waals surface area contributed by atoms with Crippen LogP contribution >= 0.6 is 0 Å². The molecule has 0 bridgehead atoms. The van der Waals surface area contributed by atoms with E-state index in [9.17, 15) is 22.8 Å². The van der Waals surface area contributed by atoms with Crippen molar-refractivity contribution in [2.75, 3.05) is 0 Å².